The van der Waals surface area contributed by atoms with Gasteiger partial charge in [0.1, 0.15) is 5.82 Å². The van der Waals surface area contributed by atoms with Crippen LogP contribution in [-0.4, -0.2) is 11.5 Å². The lowest BCUT2D eigenvalue weighted by molar-refractivity contribution is 0.967. The SMILES string of the molecule is CCCNc1ncc(Br)cc1Br. The van der Waals surface area contributed by atoms with Crippen LogP contribution in [0, 0.1) is 0 Å². The van der Waals surface area contributed by atoms with Crippen molar-refractivity contribution in [3.05, 3.63) is 21.2 Å². The molecule has 0 saturated carbocycles. The zero-order valence-electron chi connectivity index (χ0n) is 6.77. The Labute approximate surface area is 89.0 Å². The maximum atomic E-state index is 4.21. The van der Waals surface area contributed by atoms with E-state index in [1.165, 1.54) is 0 Å². The molecule has 4 heteroatoms. The smallest absolute Gasteiger partial charge is 0.140 e. The summed E-state index contributed by atoms with van der Waals surface area (Å²) in [5.74, 6) is 0.903. The Morgan fingerprint density at radius 2 is 2.25 bits per heavy atom. The van der Waals surface area contributed by atoms with Crippen molar-refractivity contribution in [2.24, 2.45) is 0 Å². The third-order valence-electron chi connectivity index (χ3n) is 1.35. The van der Waals surface area contributed by atoms with E-state index in [9.17, 15) is 0 Å². The summed E-state index contributed by atoms with van der Waals surface area (Å²) in [6, 6.07) is 1.98. The average Bonchev–Trinajstić information content (AvgIpc) is 2.03. The van der Waals surface area contributed by atoms with Crippen molar-refractivity contribution < 1.29 is 0 Å². The molecule has 0 radical (unpaired) electrons. The lowest BCUT2D eigenvalue weighted by atomic mass is 10.4. The van der Waals surface area contributed by atoms with Crippen molar-refractivity contribution in [1.29, 1.82) is 0 Å². The second-order valence-electron chi connectivity index (χ2n) is 2.41. The van der Waals surface area contributed by atoms with E-state index in [0.29, 0.717) is 0 Å². The molecular weight excluding hydrogens is 284 g/mol. The molecule has 12 heavy (non-hydrogen) atoms. The van der Waals surface area contributed by atoms with Crippen molar-refractivity contribution in [3.63, 3.8) is 0 Å². The maximum absolute atomic E-state index is 4.21. The molecule has 1 aromatic rings. The normalized spacial score (nSPS) is 9.92. The van der Waals surface area contributed by atoms with Crippen LogP contribution in [0.5, 0.6) is 0 Å². The number of rotatable bonds is 3. The van der Waals surface area contributed by atoms with Crippen molar-refractivity contribution in [1.82, 2.24) is 4.98 Å². The molecule has 1 aromatic heterocycles. The average molecular weight is 294 g/mol. The number of halogens is 2. The summed E-state index contributed by atoms with van der Waals surface area (Å²) in [7, 11) is 0. The van der Waals surface area contributed by atoms with Gasteiger partial charge < -0.3 is 5.32 Å². The molecule has 0 aliphatic carbocycles. The lowest BCUT2D eigenvalue weighted by Crippen LogP contribution is -2.02. The van der Waals surface area contributed by atoms with Gasteiger partial charge in [0.25, 0.3) is 0 Å². The van der Waals surface area contributed by atoms with Gasteiger partial charge in [0.05, 0.1) is 4.47 Å². The van der Waals surface area contributed by atoms with Crippen LogP contribution in [0.2, 0.25) is 0 Å². The molecule has 1 rings (SSSR count). The van der Waals surface area contributed by atoms with E-state index < -0.39 is 0 Å². The van der Waals surface area contributed by atoms with Crippen LogP contribution in [0.1, 0.15) is 13.3 Å². The first kappa shape index (κ1) is 9.99. The molecular formula is C8H10Br2N2. The summed E-state index contributed by atoms with van der Waals surface area (Å²) in [5.41, 5.74) is 0. The molecule has 66 valence electrons. The van der Waals surface area contributed by atoms with Gasteiger partial charge in [0.2, 0.25) is 0 Å². The van der Waals surface area contributed by atoms with Gasteiger partial charge in [-0.3, -0.25) is 0 Å². The molecule has 0 aliphatic heterocycles. The van der Waals surface area contributed by atoms with E-state index in [1.54, 1.807) is 6.20 Å². The standard InChI is InChI=1S/C8H10Br2N2/c1-2-3-11-8-7(10)4-6(9)5-12-8/h4-5H,2-3H2,1H3,(H,11,12). The Morgan fingerprint density at radius 3 is 2.83 bits per heavy atom. The zero-order valence-corrected chi connectivity index (χ0v) is 9.94. The minimum Gasteiger partial charge on any atom is -0.369 e. The molecule has 0 unspecified atom stereocenters. The maximum Gasteiger partial charge on any atom is 0.140 e. The molecule has 0 spiro atoms. The first-order chi connectivity index (χ1) is 5.74. The van der Waals surface area contributed by atoms with Crippen LogP contribution in [0.4, 0.5) is 5.82 Å². The fourth-order valence-corrected chi connectivity index (χ4v) is 1.92. The second-order valence-corrected chi connectivity index (χ2v) is 4.18. The van der Waals surface area contributed by atoms with E-state index in [1.807, 2.05) is 6.07 Å². The highest BCUT2D eigenvalue weighted by molar-refractivity contribution is 9.11. The van der Waals surface area contributed by atoms with Crippen LogP contribution in [-0.2, 0) is 0 Å². The molecule has 0 saturated heterocycles. The summed E-state index contributed by atoms with van der Waals surface area (Å²) in [6.07, 6.45) is 2.88. The van der Waals surface area contributed by atoms with Crippen LogP contribution >= 0.6 is 31.9 Å². The lowest BCUT2D eigenvalue weighted by Gasteiger charge is -2.05. The molecule has 1 heterocycles. The fourth-order valence-electron chi connectivity index (χ4n) is 0.788. The minimum absolute atomic E-state index is 0.903. The first-order valence-corrected chi connectivity index (χ1v) is 5.37. The Bertz CT molecular complexity index is 263. The zero-order chi connectivity index (χ0) is 8.97. The van der Waals surface area contributed by atoms with Gasteiger partial charge >= 0.3 is 0 Å². The Kier molecular flexibility index (Phi) is 4.01. The fraction of sp³-hybridized carbons (Fsp3) is 0.375. The molecule has 0 bridgehead atoms. The second kappa shape index (κ2) is 4.82. The topological polar surface area (TPSA) is 24.9 Å². The highest BCUT2D eigenvalue weighted by atomic mass is 79.9. The summed E-state index contributed by atoms with van der Waals surface area (Å²) >= 11 is 6.77. The van der Waals surface area contributed by atoms with Gasteiger partial charge in [0, 0.05) is 17.2 Å². The van der Waals surface area contributed by atoms with Crippen molar-refractivity contribution in [3.8, 4) is 0 Å². The number of hydrogen-bond donors (Lipinski definition) is 1. The van der Waals surface area contributed by atoms with Gasteiger partial charge in [-0.15, -0.1) is 0 Å². The van der Waals surface area contributed by atoms with Crippen molar-refractivity contribution in [2.45, 2.75) is 13.3 Å². The van der Waals surface area contributed by atoms with Gasteiger partial charge in [0.15, 0.2) is 0 Å². The Balaban J connectivity index is 2.72. The van der Waals surface area contributed by atoms with Gasteiger partial charge in [-0.1, -0.05) is 6.92 Å². The number of anilines is 1. The largest absolute Gasteiger partial charge is 0.369 e. The number of hydrogen-bond acceptors (Lipinski definition) is 2. The monoisotopic (exact) mass is 292 g/mol. The first-order valence-electron chi connectivity index (χ1n) is 3.79. The molecule has 0 atom stereocenters. The van der Waals surface area contributed by atoms with E-state index in [-0.39, 0.29) is 0 Å². The van der Waals surface area contributed by atoms with Crippen molar-refractivity contribution >= 4 is 37.7 Å². The van der Waals surface area contributed by atoms with Crippen LogP contribution in [0.15, 0.2) is 21.2 Å². The summed E-state index contributed by atoms with van der Waals surface area (Å²) in [5, 5.41) is 3.21. The Morgan fingerprint density at radius 1 is 1.50 bits per heavy atom. The number of aromatic nitrogens is 1. The number of pyridine rings is 1. The number of nitrogens with zero attached hydrogens (tertiary/aromatic N) is 1. The van der Waals surface area contributed by atoms with E-state index in [4.69, 9.17) is 0 Å². The molecule has 0 aliphatic rings. The predicted molar refractivity (Wildman–Crippen MR) is 58.4 cm³/mol. The quantitative estimate of drug-likeness (QED) is 0.923. The molecule has 0 amide bonds. The molecule has 0 aromatic carbocycles. The van der Waals surface area contributed by atoms with Crippen LogP contribution < -0.4 is 5.32 Å². The van der Waals surface area contributed by atoms with Crippen molar-refractivity contribution in [2.75, 3.05) is 11.9 Å². The van der Waals surface area contributed by atoms with E-state index in [2.05, 4.69) is 49.1 Å². The third kappa shape index (κ3) is 2.75. The summed E-state index contributed by atoms with van der Waals surface area (Å²) < 4.78 is 1.97. The van der Waals surface area contributed by atoms with Gasteiger partial charge in [-0.05, 0) is 44.3 Å². The molecule has 2 nitrogen and oxygen atoms in total. The third-order valence-corrected chi connectivity index (χ3v) is 2.39. The van der Waals surface area contributed by atoms with Gasteiger partial charge in [-0.25, -0.2) is 4.98 Å². The summed E-state index contributed by atoms with van der Waals surface area (Å²) in [4.78, 5) is 4.21. The molecule has 1 N–H and O–H groups in total. The predicted octanol–water partition coefficient (Wildman–Crippen LogP) is 3.43. The Hall–Kier alpha value is -0.0900. The summed E-state index contributed by atoms with van der Waals surface area (Å²) in [6.45, 7) is 3.08. The highest BCUT2D eigenvalue weighted by Gasteiger charge is 1.99. The van der Waals surface area contributed by atoms with Crippen LogP contribution in [0.3, 0.4) is 0 Å². The van der Waals surface area contributed by atoms with Crippen LogP contribution in [0.25, 0.3) is 0 Å². The van der Waals surface area contributed by atoms with Gasteiger partial charge in [-0.2, -0.15) is 0 Å². The molecule has 0 fully saturated rings. The van der Waals surface area contributed by atoms with E-state index in [0.717, 1.165) is 27.7 Å². The van der Waals surface area contributed by atoms with E-state index >= 15 is 0 Å². The minimum atomic E-state index is 0.903. The highest BCUT2D eigenvalue weighted by Crippen LogP contribution is 2.23. The number of nitrogens with one attached hydrogen (secondary N) is 1.